The lowest BCUT2D eigenvalue weighted by molar-refractivity contribution is 0.0332. The summed E-state index contributed by atoms with van der Waals surface area (Å²) in [5, 5.41) is 3.68. The lowest BCUT2D eigenvalue weighted by atomic mass is 9.88. The molecule has 0 amide bonds. The summed E-state index contributed by atoms with van der Waals surface area (Å²) in [5.74, 6) is 1.62. The van der Waals surface area contributed by atoms with Gasteiger partial charge in [0.2, 0.25) is 0 Å². The van der Waals surface area contributed by atoms with E-state index in [1.54, 1.807) is 14.2 Å². The first-order valence-corrected chi connectivity index (χ1v) is 9.47. The topological polar surface area (TPSA) is 39.7 Å². The zero-order chi connectivity index (χ0) is 17.9. The van der Waals surface area contributed by atoms with Crippen LogP contribution in [0.2, 0.25) is 0 Å². The summed E-state index contributed by atoms with van der Waals surface area (Å²) >= 11 is 0. The number of hydrogen-bond donors (Lipinski definition) is 1. The number of benzene rings is 2. The van der Waals surface area contributed by atoms with Gasteiger partial charge in [0.05, 0.1) is 26.9 Å². The van der Waals surface area contributed by atoms with Crippen molar-refractivity contribution >= 4 is 12.4 Å². The molecule has 0 aliphatic carbocycles. The molecule has 0 spiro atoms. The van der Waals surface area contributed by atoms with Crippen LogP contribution in [0.3, 0.4) is 0 Å². The molecule has 0 bridgehead atoms. The Morgan fingerprint density at radius 1 is 0.963 bits per heavy atom. The molecule has 2 aliphatic heterocycles. The highest BCUT2D eigenvalue weighted by Gasteiger charge is 2.26. The molecule has 2 aromatic rings. The van der Waals surface area contributed by atoms with Gasteiger partial charge in [-0.25, -0.2) is 0 Å². The van der Waals surface area contributed by atoms with Crippen molar-refractivity contribution in [2.45, 2.75) is 37.8 Å². The fourth-order valence-electron chi connectivity index (χ4n) is 4.26. The Bertz CT molecular complexity index is 780. The molecule has 146 valence electrons. The average Bonchev–Trinajstić information content (AvgIpc) is 2.71. The van der Waals surface area contributed by atoms with E-state index in [1.165, 1.54) is 22.3 Å². The molecule has 0 saturated heterocycles. The first-order chi connectivity index (χ1) is 12.8. The molecule has 2 unspecified atom stereocenters. The van der Waals surface area contributed by atoms with Crippen molar-refractivity contribution in [2.24, 2.45) is 0 Å². The second-order valence-corrected chi connectivity index (χ2v) is 7.05. The molecule has 27 heavy (non-hydrogen) atoms. The summed E-state index contributed by atoms with van der Waals surface area (Å²) in [7, 11) is 3.39. The van der Waals surface area contributed by atoms with Gasteiger partial charge in [-0.15, -0.1) is 12.4 Å². The summed E-state index contributed by atoms with van der Waals surface area (Å²) in [6.45, 7) is 1.82. The van der Waals surface area contributed by atoms with Crippen molar-refractivity contribution < 1.29 is 14.2 Å². The third-order valence-corrected chi connectivity index (χ3v) is 5.62. The summed E-state index contributed by atoms with van der Waals surface area (Å²) in [6, 6.07) is 13.3. The number of halogens is 1. The fraction of sp³-hybridized carbons (Fsp3) is 0.455. The van der Waals surface area contributed by atoms with Gasteiger partial charge in [-0.2, -0.15) is 0 Å². The molecule has 2 aliphatic rings. The molecular weight excluding hydrogens is 362 g/mol. The SMILES string of the molecule is COc1cc2c(cc1OC)C(CCC1OCCc3ccccc31)NCC2.Cl. The minimum atomic E-state index is 0. The molecule has 5 heteroatoms. The van der Waals surface area contributed by atoms with Crippen LogP contribution < -0.4 is 14.8 Å². The second kappa shape index (κ2) is 8.96. The fourth-order valence-corrected chi connectivity index (χ4v) is 4.26. The molecule has 0 radical (unpaired) electrons. The zero-order valence-electron chi connectivity index (χ0n) is 16.0. The van der Waals surface area contributed by atoms with E-state index >= 15 is 0 Å². The van der Waals surface area contributed by atoms with Gasteiger partial charge < -0.3 is 19.5 Å². The van der Waals surface area contributed by atoms with Crippen LogP contribution >= 0.6 is 12.4 Å². The van der Waals surface area contributed by atoms with Crippen LogP contribution in [0.25, 0.3) is 0 Å². The van der Waals surface area contributed by atoms with Gasteiger partial charge in [-0.1, -0.05) is 24.3 Å². The van der Waals surface area contributed by atoms with Gasteiger partial charge in [0.15, 0.2) is 11.5 Å². The van der Waals surface area contributed by atoms with Gasteiger partial charge in [-0.05, 0) is 66.6 Å². The monoisotopic (exact) mass is 389 g/mol. The number of methoxy groups -OCH3 is 2. The van der Waals surface area contributed by atoms with Gasteiger partial charge in [0.1, 0.15) is 0 Å². The summed E-state index contributed by atoms with van der Waals surface area (Å²) in [6.07, 6.45) is 4.31. The maximum Gasteiger partial charge on any atom is 0.161 e. The first kappa shape index (κ1) is 20.0. The molecule has 2 heterocycles. The average molecular weight is 390 g/mol. The van der Waals surface area contributed by atoms with Gasteiger partial charge >= 0.3 is 0 Å². The zero-order valence-corrected chi connectivity index (χ0v) is 16.8. The quantitative estimate of drug-likeness (QED) is 0.822. The van der Waals surface area contributed by atoms with E-state index < -0.39 is 0 Å². The smallest absolute Gasteiger partial charge is 0.161 e. The molecule has 2 atom stereocenters. The van der Waals surface area contributed by atoms with Crippen LogP contribution in [0.15, 0.2) is 36.4 Å². The highest BCUT2D eigenvalue weighted by Crippen LogP contribution is 2.38. The normalized spacial score (nSPS) is 20.8. The van der Waals surface area contributed by atoms with E-state index in [2.05, 4.69) is 41.7 Å². The summed E-state index contributed by atoms with van der Waals surface area (Å²) < 4.78 is 17.1. The molecular formula is C22H28ClNO3. The van der Waals surface area contributed by atoms with Crippen LogP contribution in [0.4, 0.5) is 0 Å². The predicted molar refractivity (Wildman–Crippen MR) is 109 cm³/mol. The van der Waals surface area contributed by atoms with Crippen molar-refractivity contribution in [3.05, 3.63) is 58.7 Å². The van der Waals surface area contributed by atoms with E-state index in [9.17, 15) is 0 Å². The Morgan fingerprint density at radius 2 is 1.74 bits per heavy atom. The second-order valence-electron chi connectivity index (χ2n) is 7.05. The van der Waals surface area contributed by atoms with Gasteiger partial charge in [0, 0.05) is 6.04 Å². The van der Waals surface area contributed by atoms with Gasteiger partial charge in [-0.3, -0.25) is 0 Å². The lowest BCUT2D eigenvalue weighted by Crippen LogP contribution is -2.30. The van der Waals surface area contributed by atoms with Crippen LogP contribution in [0.1, 0.15) is 47.2 Å². The highest BCUT2D eigenvalue weighted by atomic mass is 35.5. The number of hydrogen-bond acceptors (Lipinski definition) is 4. The van der Waals surface area contributed by atoms with E-state index in [1.807, 2.05) is 0 Å². The molecule has 4 nitrogen and oxygen atoms in total. The maximum atomic E-state index is 6.09. The standard InChI is InChI=1S/C22H27NO3.ClH/c1-24-21-13-16-9-11-23-19(18(16)14-22(21)25-2)7-8-20-17-6-4-3-5-15(17)10-12-26-20;/h3-6,13-14,19-20,23H,7-12H2,1-2H3;1H. The molecule has 2 aromatic carbocycles. The Labute approximate surface area is 167 Å². The van der Waals surface area contributed by atoms with Crippen molar-refractivity contribution in [3.63, 3.8) is 0 Å². The van der Waals surface area contributed by atoms with Crippen molar-refractivity contribution in [1.82, 2.24) is 5.32 Å². The Hall–Kier alpha value is -1.75. The molecule has 0 saturated carbocycles. The van der Waals surface area contributed by atoms with Crippen molar-refractivity contribution in [2.75, 3.05) is 27.4 Å². The van der Waals surface area contributed by atoms with E-state index in [4.69, 9.17) is 14.2 Å². The largest absolute Gasteiger partial charge is 0.493 e. The van der Waals surface area contributed by atoms with Crippen LogP contribution in [-0.4, -0.2) is 27.4 Å². The summed E-state index contributed by atoms with van der Waals surface area (Å²) in [5.41, 5.74) is 5.49. The number of nitrogens with one attached hydrogen (secondary N) is 1. The number of ether oxygens (including phenoxy) is 3. The highest BCUT2D eigenvalue weighted by molar-refractivity contribution is 5.85. The first-order valence-electron chi connectivity index (χ1n) is 9.47. The van der Waals surface area contributed by atoms with Crippen molar-refractivity contribution in [3.8, 4) is 11.5 Å². The predicted octanol–water partition coefficient (Wildman–Crippen LogP) is 4.41. The van der Waals surface area contributed by atoms with Crippen LogP contribution in [0.5, 0.6) is 11.5 Å². The minimum Gasteiger partial charge on any atom is -0.493 e. The third-order valence-electron chi connectivity index (χ3n) is 5.62. The van der Waals surface area contributed by atoms with Gasteiger partial charge in [0.25, 0.3) is 0 Å². The number of fused-ring (bicyclic) bond motifs is 2. The maximum absolute atomic E-state index is 6.09. The molecule has 1 N–H and O–H groups in total. The number of rotatable bonds is 5. The molecule has 0 fully saturated rings. The van der Waals surface area contributed by atoms with Crippen molar-refractivity contribution in [1.29, 1.82) is 0 Å². The van der Waals surface area contributed by atoms with Crippen LogP contribution in [-0.2, 0) is 17.6 Å². The Morgan fingerprint density at radius 3 is 2.56 bits per heavy atom. The Kier molecular flexibility index (Phi) is 6.64. The molecule has 4 rings (SSSR count). The lowest BCUT2D eigenvalue weighted by Gasteiger charge is -2.31. The third kappa shape index (κ3) is 4.08. The van der Waals surface area contributed by atoms with Crippen LogP contribution in [0, 0.1) is 0 Å². The minimum absolute atomic E-state index is 0. The Balaban J connectivity index is 0.00000210. The molecule has 0 aromatic heterocycles. The van der Waals surface area contributed by atoms with E-state index in [0.717, 1.165) is 50.3 Å². The van der Waals surface area contributed by atoms with E-state index in [-0.39, 0.29) is 18.5 Å². The van der Waals surface area contributed by atoms with E-state index in [0.29, 0.717) is 6.04 Å². The summed E-state index contributed by atoms with van der Waals surface area (Å²) in [4.78, 5) is 0.